The molecule has 1 aromatic rings. The quantitative estimate of drug-likeness (QED) is 0.766. The largest absolute Gasteiger partial charge is 0.337 e. The molecule has 2 rings (SSSR count). The van der Waals surface area contributed by atoms with Crippen LogP contribution in [0.3, 0.4) is 0 Å². The van der Waals surface area contributed by atoms with E-state index in [4.69, 9.17) is 0 Å². The molecule has 0 spiro atoms. The highest BCUT2D eigenvalue weighted by Crippen LogP contribution is 2.21. The fraction of sp³-hybridized carbons (Fsp3) is 0.800. The molecule has 0 atom stereocenters. The number of nitrogens with one attached hydrogen (secondary N) is 1. The molecule has 1 fully saturated rings. The molecule has 1 aromatic heterocycles. The number of rotatable bonds is 7. The van der Waals surface area contributed by atoms with Crippen molar-refractivity contribution in [2.45, 2.75) is 51.1 Å². The molecule has 108 valence electrons. The van der Waals surface area contributed by atoms with Crippen LogP contribution in [0.4, 0.5) is 0 Å². The van der Waals surface area contributed by atoms with Crippen molar-refractivity contribution in [2.75, 3.05) is 20.1 Å². The number of hydrogen-bond acceptors (Lipinski definition) is 3. The normalized spacial score (nSPS) is 17.2. The zero-order chi connectivity index (χ0) is 13.5. The lowest BCUT2D eigenvalue weighted by Gasteiger charge is -2.31. The van der Waals surface area contributed by atoms with E-state index in [1.807, 2.05) is 19.4 Å². The highest BCUT2D eigenvalue weighted by atomic mass is 15.1. The topological polar surface area (TPSA) is 33.1 Å². The van der Waals surface area contributed by atoms with E-state index < -0.39 is 0 Å². The van der Waals surface area contributed by atoms with Crippen LogP contribution in [-0.2, 0) is 13.6 Å². The van der Waals surface area contributed by atoms with Crippen molar-refractivity contribution in [1.29, 1.82) is 0 Å². The number of nitrogens with zero attached hydrogens (tertiary/aromatic N) is 3. The SMILES string of the molecule is CN(CCCNCc1nccn1C)C1CCCCC1. The molecule has 0 aliphatic heterocycles. The first-order valence-corrected chi connectivity index (χ1v) is 7.64. The Labute approximate surface area is 117 Å². The third-order valence-corrected chi connectivity index (χ3v) is 4.27. The van der Waals surface area contributed by atoms with Gasteiger partial charge < -0.3 is 14.8 Å². The van der Waals surface area contributed by atoms with Crippen LogP contribution in [0.25, 0.3) is 0 Å². The van der Waals surface area contributed by atoms with E-state index in [2.05, 4.69) is 26.8 Å². The minimum atomic E-state index is 0.836. The summed E-state index contributed by atoms with van der Waals surface area (Å²) in [4.78, 5) is 6.87. The Bertz CT molecular complexity index is 355. The Hall–Kier alpha value is -0.870. The molecule has 0 aromatic carbocycles. The monoisotopic (exact) mass is 264 g/mol. The minimum Gasteiger partial charge on any atom is -0.337 e. The zero-order valence-electron chi connectivity index (χ0n) is 12.4. The van der Waals surface area contributed by atoms with E-state index >= 15 is 0 Å². The Morgan fingerprint density at radius 3 is 2.84 bits per heavy atom. The molecular formula is C15H28N4. The van der Waals surface area contributed by atoms with E-state index in [1.54, 1.807) is 0 Å². The van der Waals surface area contributed by atoms with Crippen molar-refractivity contribution >= 4 is 0 Å². The van der Waals surface area contributed by atoms with Gasteiger partial charge in [0, 0.05) is 25.5 Å². The third kappa shape index (κ3) is 4.62. The van der Waals surface area contributed by atoms with Crippen molar-refractivity contribution in [3.05, 3.63) is 18.2 Å². The molecule has 1 saturated carbocycles. The summed E-state index contributed by atoms with van der Waals surface area (Å²) in [5.74, 6) is 1.11. The molecule has 0 unspecified atom stereocenters. The Morgan fingerprint density at radius 1 is 1.37 bits per heavy atom. The van der Waals surface area contributed by atoms with Crippen molar-refractivity contribution in [3.63, 3.8) is 0 Å². The van der Waals surface area contributed by atoms with Crippen molar-refractivity contribution in [3.8, 4) is 0 Å². The van der Waals surface area contributed by atoms with E-state index in [1.165, 1.54) is 45.1 Å². The summed E-state index contributed by atoms with van der Waals surface area (Å²) in [6.07, 6.45) is 12.2. The van der Waals surface area contributed by atoms with Crippen LogP contribution in [0.5, 0.6) is 0 Å². The van der Waals surface area contributed by atoms with Gasteiger partial charge in [-0.25, -0.2) is 4.98 Å². The van der Waals surface area contributed by atoms with Gasteiger partial charge in [-0.05, 0) is 39.4 Å². The molecule has 4 nitrogen and oxygen atoms in total. The maximum absolute atomic E-state index is 4.31. The van der Waals surface area contributed by atoms with Crippen LogP contribution < -0.4 is 5.32 Å². The maximum Gasteiger partial charge on any atom is 0.122 e. The van der Waals surface area contributed by atoms with Gasteiger partial charge in [0.05, 0.1) is 6.54 Å². The number of hydrogen-bond donors (Lipinski definition) is 1. The maximum atomic E-state index is 4.31. The van der Waals surface area contributed by atoms with Gasteiger partial charge in [0.15, 0.2) is 0 Å². The fourth-order valence-corrected chi connectivity index (χ4v) is 2.92. The Balaban J connectivity index is 1.55. The van der Waals surface area contributed by atoms with Gasteiger partial charge in [-0.2, -0.15) is 0 Å². The summed E-state index contributed by atoms with van der Waals surface area (Å²) in [5, 5.41) is 3.48. The standard InChI is InChI=1S/C15H28N4/c1-18(14-7-4-3-5-8-14)11-6-9-16-13-15-17-10-12-19(15)2/h10,12,14,16H,3-9,11,13H2,1-2H3. The van der Waals surface area contributed by atoms with Gasteiger partial charge >= 0.3 is 0 Å². The van der Waals surface area contributed by atoms with Crippen LogP contribution in [0.15, 0.2) is 12.4 Å². The summed E-state index contributed by atoms with van der Waals surface area (Å²) in [6, 6.07) is 0.836. The molecule has 0 bridgehead atoms. The van der Waals surface area contributed by atoms with Crippen molar-refractivity contribution in [2.24, 2.45) is 7.05 Å². The zero-order valence-corrected chi connectivity index (χ0v) is 12.4. The van der Waals surface area contributed by atoms with Crippen LogP contribution >= 0.6 is 0 Å². The van der Waals surface area contributed by atoms with Gasteiger partial charge in [0.1, 0.15) is 5.82 Å². The summed E-state index contributed by atoms with van der Waals surface area (Å²) < 4.78 is 2.07. The molecule has 19 heavy (non-hydrogen) atoms. The second-order valence-corrected chi connectivity index (χ2v) is 5.76. The van der Waals surface area contributed by atoms with E-state index in [0.29, 0.717) is 0 Å². The lowest BCUT2D eigenvalue weighted by atomic mass is 9.94. The number of imidazole rings is 1. The molecule has 0 amide bonds. The molecule has 0 radical (unpaired) electrons. The Morgan fingerprint density at radius 2 is 2.16 bits per heavy atom. The van der Waals surface area contributed by atoms with Crippen LogP contribution in [0.2, 0.25) is 0 Å². The van der Waals surface area contributed by atoms with Gasteiger partial charge in [-0.1, -0.05) is 19.3 Å². The second-order valence-electron chi connectivity index (χ2n) is 5.76. The van der Waals surface area contributed by atoms with Crippen LogP contribution in [0.1, 0.15) is 44.3 Å². The van der Waals surface area contributed by atoms with Crippen LogP contribution in [-0.4, -0.2) is 40.6 Å². The van der Waals surface area contributed by atoms with Gasteiger partial charge in [-0.3, -0.25) is 0 Å². The van der Waals surface area contributed by atoms with E-state index in [-0.39, 0.29) is 0 Å². The summed E-state index contributed by atoms with van der Waals surface area (Å²) in [5.41, 5.74) is 0. The molecular weight excluding hydrogens is 236 g/mol. The van der Waals surface area contributed by atoms with Gasteiger partial charge in [0.2, 0.25) is 0 Å². The first-order valence-electron chi connectivity index (χ1n) is 7.64. The predicted molar refractivity (Wildman–Crippen MR) is 79.0 cm³/mol. The van der Waals surface area contributed by atoms with Crippen molar-refractivity contribution < 1.29 is 0 Å². The summed E-state index contributed by atoms with van der Waals surface area (Å²) in [6.45, 7) is 3.15. The second kappa shape index (κ2) is 7.65. The first-order chi connectivity index (χ1) is 9.27. The predicted octanol–water partition coefficient (Wildman–Crippen LogP) is 2.16. The Kier molecular flexibility index (Phi) is 5.86. The van der Waals surface area contributed by atoms with Gasteiger partial charge in [-0.15, -0.1) is 0 Å². The first kappa shape index (κ1) is 14.5. The minimum absolute atomic E-state index is 0.836. The number of aryl methyl sites for hydroxylation is 1. The van der Waals surface area contributed by atoms with E-state index in [9.17, 15) is 0 Å². The highest BCUT2D eigenvalue weighted by Gasteiger charge is 2.17. The highest BCUT2D eigenvalue weighted by molar-refractivity contribution is 4.90. The molecule has 1 N–H and O–H groups in total. The molecule has 1 aliphatic rings. The average molecular weight is 264 g/mol. The molecule has 4 heteroatoms. The average Bonchev–Trinajstić information content (AvgIpc) is 2.85. The fourth-order valence-electron chi connectivity index (χ4n) is 2.92. The van der Waals surface area contributed by atoms with Crippen LogP contribution in [0, 0.1) is 0 Å². The van der Waals surface area contributed by atoms with E-state index in [0.717, 1.165) is 25.0 Å². The lowest BCUT2D eigenvalue weighted by molar-refractivity contribution is 0.189. The molecule has 0 saturated heterocycles. The molecule has 1 aliphatic carbocycles. The van der Waals surface area contributed by atoms with Gasteiger partial charge in [0.25, 0.3) is 0 Å². The van der Waals surface area contributed by atoms with Crippen molar-refractivity contribution in [1.82, 2.24) is 19.8 Å². The third-order valence-electron chi connectivity index (χ3n) is 4.27. The smallest absolute Gasteiger partial charge is 0.122 e. The summed E-state index contributed by atoms with van der Waals surface area (Å²) >= 11 is 0. The number of aromatic nitrogens is 2. The summed E-state index contributed by atoms with van der Waals surface area (Å²) in [7, 11) is 4.33. The molecule has 1 heterocycles. The lowest BCUT2D eigenvalue weighted by Crippen LogP contribution is -2.35.